The highest BCUT2D eigenvalue weighted by Crippen LogP contribution is 2.24. The molecule has 0 atom stereocenters. The molecule has 0 aromatic heterocycles. The van der Waals surface area contributed by atoms with Gasteiger partial charge in [0, 0.05) is 17.0 Å². The van der Waals surface area contributed by atoms with Crippen LogP contribution in [0.25, 0.3) is 0 Å². The van der Waals surface area contributed by atoms with E-state index in [1.807, 2.05) is 18.4 Å². The van der Waals surface area contributed by atoms with Gasteiger partial charge in [-0.1, -0.05) is 12.1 Å². The number of anilines is 1. The van der Waals surface area contributed by atoms with Crippen molar-refractivity contribution in [2.75, 3.05) is 24.8 Å². The highest BCUT2D eigenvalue weighted by molar-refractivity contribution is 7.98. The summed E-state index contributed by atoms with van der Waals surface area (Å²) in [5.41, 5.74) is 0.560. The van der Waals surface area contributed by atoms with Crippen molar-refractivity contribution >= 4 is 35.0 Å². The molecule has 0 unspecified atom stereocenters. The Morgan fingerprint density at radius 1 is 1.12 bits per heavy atom. The third-order valence-electron chi connectivity index (χ3n) is 3.15. The summed E-state index contributed by atoms with van der Waals surface area (Å²) in [6, 6.07) is 12.5. The van der Waals surface area contributed by atoms with Crippen LogP contribution < -0.4 is 10.1 Å². The minimum absolute atomic E-state index is 0.0814. The first-order chi connectivity index (χ1) is 12.5. The highest BCUT2D eigenvalue weighted by atomic mass is 32.2. The van der Waals surface area contributed by atoms with E-state index in [-0.39, 0.29) is 11.4 Å². The van der Waals surface area contributed by atoms with Crippen LogP contribution in [0.3, 0.4) is 0 Å². The summed E-state index contributed by atoms with van der Waals surface area (Å²) in [5, 5.41) is 13.2. The van der Waals surface area contributed by atoms with E-state index in [1.165, 1.54) is 36.0 Å². The van der Waals surface area contributed by atoms with Crippen molar-refractivity contribution in [1.82, 2.24) is 0 Å². The molecule has 0 bridgehead atoms. The number of carbonyl (C=O) groups is 2. The molecule has 0 heterocycles. The zero-order valence-electron chi connectivity index (χ0n) is 13.8. The second-order valence-electron chi connectivity index (χ2n) is 4.95. The average Bonchev–Trinajstić information content (AvgIpc) is 2.65. The lowest BCUT2D eigenvalue weighted by atomic mass is 10.3. The van der Waals surface area contributed by atoms with Gasteiger partial charge in [-0.3, -0.25) is 14.9 Å². The molecule has 0 fully saturated rings. The van der Waals surface area contributed by atoms with Crippen molar-refractivity contribution in [3.05, 3.63) is 58.6 Å². The first-order valence-corrected chi connectivity index (χ1v) is 8.68. The molecule has 0 aliphatic rings. The van der Waals surface area contributed by atoms with Crippen LogP contribution in [0, 0.1) is 10.1 Å². The van der Waals surface area contributed by atoms with E-state index >= 15 is 0 Å². The van der Waals surface area contributed by atoms with Gasteiger partial charge in [-0.05, 0) is 30.5 Å². The molecule has 1 amide bonds. The smallest absolute Gasteiger partial charge is 0.344 e. The van der Waals surface area contributed by atoms with Crippen LogP contribution in [-0.4, -0.2) is 36.3 Å². The van der Waals surface area contributed by atoms with Gasteiger partial charge < -0.3 is 14.8 Å². The van der Waals surface area contributed by atoms with E-state index in [1.54, 1.807) is 12.1 Å². The van der Waals surface area contributed by atoms with Gasteiger partial charge in [0.1, 0.15) is 5.75 Å². The van der Waals surface area contributed by atoms with Gasteiger partial charge in [0.05, 0.1) is 10.6 Å². The predicted octanol–water partition coefficient (Wildman–Crippen LogP) is 2.88. The Hall–Kier alpha value is -3.07. The van der Waals surface area contributed by atoms with Gasteiger partial charge >= 0.3 is 5.97 Å². The fourth-order valence-corrected chi connectivity index (χ4v) is 2.48. The lowest BCUT2D eigenvalue weighted by Crippen LogP contribution is -2.23. The maximum Gasteiger partial charge on any atom is 0.344 e. The molecule has 26 heavy (non-hydrogen) atoms. The van der Waals surface area contributed by atoms with Crippen molar-refractivity contribution in [2.24, 2.45) is 0 Å². The Kier molecular flexibility index (Phi) is 6.98. The minimum Gasteiger partial charge on any atom is -0.482 e. The van der Waals surface area contributed by atoms with Gasteiger partial charge in [-0.2, -0.15) is 0 Å². The molecule has 0 spiro atoms. The molecule has 2 aromatic carbocycles. The van der Waals surface area contributed by atoms with Crippen molar-refractivity contribution in [2.45, 2.75) is 4.90 Å². The third-order valence-corrected chi connectivity index (χ3v) is 3.95. The Balaban J connectivity index is 1.75. The standard InChI is InChI=1S/C17H16N2O6S/c1-26-15-5-3-2-4-14(15)18-16(20)10-25-17(21)11-24-13-8-6-12(7-9-13)19(22)23/h2-9H,10-11H2,1H3,(H,18,20). The number of para-hydroxylation sites is 1. The molecule has 8 nitrogen and oxygen atoms in total. The van der Waals surface area contributed by atoms with E-state index in [0.717, 1.165) is 4.90 Å². The monoisotopic (exact) mass is 376 g/mol. The van der Waals surface area contributed by atoms with Crippen molar-refractivity contribution in [1.29, 1.82) is 0 Å². The summed E-state index contributed by atoms with van der Waals surface area (Å²) in [6.07, 6.45) is 1.89. The molecule has 0 saturated carbocycles. The lowest BCUT2D eigenvalue weighted by Gasteiger charge is -2.10. The van der Waals surface area contributed by atoms with E-state index in [4.69, 9.17) is 9.47 Å². The van der Waals surface area contributed by atoms with Crippen molar-refractivity contribution < 1.29 is 24.0 Å². The van der Waals surface area contributed by atoms with Crippen LogP contribution in [0.4, 0.5) is 11.4 Å². The van der Waals surface area contributed by atoms with Crippen LogP contribution in [0.15, 0.2) is 53.4 Å². The summed E-state index contributed by atoms with van der Waals surface area (Å²) >= 11 is 1.49. The minimum atomic E-state index is -0.725. The lowest BCUT2D eigenvalue weighted by molar-refractivity contribution is -0.384. The molecule has 9 heteroatoms. The first-order valence-electron chi connectivity index (χ1n) is 7.45. The van der Waals surface area contributed by atoms with Gasteiger partial charge in [0.2, 0.25) is 0 Å². The zero-order valence-corrected chi connectivity index (χ0v) is 14.7. The fraction of sp³-hybridized carbons (Fsp3) is 0.176. The Labute approximate surface area is 153 Å². The van der Waals surface area contributed by atoms with E-state index in [0.29, 0.717) is 5.69 Å². The van der Waals surface area contributed by atoms with Gasteiger partial charge in [0.25, 0.3) is 11.6 Å². The van der Waals surface area contributed by atoms with Gasteiger partial charge in [-0.25, -0.2) is 4.79 Å². The van der Waals surface area contributed by atoms with Crippen molar-refractivity contribution in [3.63, 3.8) is 0 Å². The molecule has 0 radical (unpaired) electrons. The van der Waals surface area contributed by atoms with Crippen LogP contribution in [-0.2, 0) is 14.3 Å². The average molecular weight is 376 g/mol. The summed E-state index contributed by atoms with van der Waals surface area (Å²) in [7, 11) is 0. The van der Waals surface area contributed by atoms with Crippen LogP contribution in [0.2, 0.25) is 0 Å². The van der Waals surface area contributed by atoms with E-state index < -0.39 is 30.0 Å². The SMILES string of the molecule is CSc1ccccc1NC(=O)COC(=O)COc1ccc([N+](=O)[O-])cc1. The number of esters is 1. The molecule has 0 aliphatic heterocycles. The molecule has 0 saturated heterocycles. The summed E-state index contributed by atoms with van der Waals surface area (Å²) < 4.78 is 10.00. The van der Waals surface area contributed by atoms with Crippen molar-refractivity contribution in [3.8, 4) is 5.75 Å². The normalized spacial score (nSPS) is 10.0. The largest absolute Gasteiger partial charge is 0.482 e. The number of nitrogens with one attached hydrogen (secondary N) is 1. The third kappa shape index (κ3) is 5.78. The Morgan fingerprint density at radius 3 is 2.46 bits per heavy atom. The van der Waals surface area contributed by atoms with Gasteiger partial charge in [-0.15, -0.1) is 11.8 Å². The number of thioether (sulfide) groups is 1. The second kappa shape index (κ2) is 9.42. The highest BCUT2D eigenvalue weighted by Gasteiger charge is 2.11. The molecule has 136 valence electrons. The second-order valence-corrected chi connectivity index (χ2v) is 5.80. The number of nitro groups is 1. The van der Waals surface area contributed by atoms with E-state index in [9.17, 15) is 19.7 Å². The summed E-state index contributed by atoms with van der Waals surface area (Å²) in [6.45, 7) is -0.850. The number of rotatable bonds is 8. The van der Waals surface area contributed by atoms with Crippen LogP contribution in [0.5, 0.6) is 5.75 Å². The predicted molar refractivity (Wildman–Crippen MR) is 96.4 cm³/mol. The zero-order chi connectivity index (χ0) is 18.9. The number of ether oxygens (including phenoxy) is 2. The number of carbonyl (C=O) groups excluding carboxylic acids is 2. The maximum absolute atomic E-state index is 11.9. The molecular formula is C17H16N2O6S. The topological polar surface area (TPSA) is 108 Å². The van der Waals surface area contributed by atoms with Gasteiger partial charge in [0.15, 0.2) is 13.2 Å². The molecule has 0 aliphatic carbocycles. The number of benzene rings is 2. The maximum atomic E-state index is 11.9. The number of nitro benzene ring substituents is 1. The number of nitrogens with zero attached hydrogens (tertiary/aromatic N) is 1. The fourth-order valence-electron chi connectivity index (χ4n) is 1.93. The number of amides is 1. The molecule has 2 rings (SSSR count). The molecular weight excluding hydrogens is 360 g/mol. The number of non-ortho nitro benzene ring substituents is 1. The molecule has 2 aromatic rings. The van der Waals surface area contributed by atoms with Crippen LogP contribution in [0.1, 0.15) is 0 Å². The Bertz CT molecular complexity index is 794. The summed E-state index contributed by atoms with van der Waals surface area (Å²) in [5.74, 6) is -0.905. The quantitative estimate of drug-likeness (QED) is 0.327. The Morgan fingerprint density at radius 2 is 1.81 bits per heavy atom. The summed E-state index contributed by atoms with van der Waals surface area (Å²) in [4.78, 5) is 34.4. The van der Waals surface area contributed by atoms with Crippen LogP contribution >= 0.6 is 11.8 Å². The molecule has 1 N–H and O–H groups in total. The first kappa shape index (κ1) is 19.3. The number of hydrogen-bond donors (Lipinski definition) is 1. The van der Waals surface area contributed by atoms with E-state index in [2.05, 4.69) is 5.32 Å². The number of hydrogen-bond acceptors (Lipinski definition) is 7.